The molecule has 0 N–H and O–H groups in total. The standard InChI is InChI=1S/C18H14Cl2N4O2/c1-4-12-6-5-7-16(24-18(25)23(3)21-22-24)13(12)10-26-17-9-14(19)11(2)8-15(17)20/h1,5-9H,10H2,2-3H3. The van der Waals surface area contributed by atoms with E-state index in [1.165, 1.54) is 11.7 Å². The number of aromatic nitrogens is 4. The van der Waals surface area contributed by atoms with Gasteiger partial charge in [-0.2, -0.15) is 9.36 Å². The maximum atomic E-state index is 12.2. The first-order valence-corrected chi connectivity index (χ1v) is 8.34. The van der Waals surface area contributed by atoms with Crippen LogP contribution in [0.15, 0.2) is 35.1 Å². The minimum absolute atomic E-state index is 0.0812. The molecule has 0 unspecified atom stereocenters. The highest BCUT2D eigenvalue weighted by Gasteiger charge is 2.15. The minimum atomic E-state index is -0.392. The third-order valence-corrected chi connectivity index (χ3v) is 4.54. The third kappa shape index (κ3) is 3.32. The van der Waals surface area contributed by atoms with Gasteiger partial charge in [0.2, 0.25) is 0 Å². The lowest BCUT2D eigenvalue weighted by Gasteiger charge is -2.14. The zero-order valence-electron chi connectivity index (χ0n) is 14.0. The number of aryl methyl sites for hydroxylation is 2. The number of hydrogen-bond acceptors (Lipinski definition) is 4. The Kier molecular flexibility index (Phi) is 5.03. The predicted molar refractivity (Wildman–Crippen MR) is 100 cm³/mol. The van der Waals surface area contributed by atoms with Crippen LogP contribution in [-0.2, 0) is 13.7 Å². The summed E-state index contributed by atoms with van der Waals surface area (Å²) < 4.78 is 8.13. The number of halogens is 2. The molecule has 6 nitrogen and oxygen atoms in total. The van der Waals surface area contributed by atoms with Gasteiger partial charge in [0.25, 0.3) is 0 Å². The molecular weight excluding hydrogens is 375 g/mol. The van der Waals surface area contributed by atoms with E-state index in [9.17, 15) is 4.79 Å². The molecule has 3 aromatic rings. The van der Waals surface area contributed by atoms with Crippen LogP contribution in [0.5, 0.6) is 5.75 Å². The van der Waals surface area contributed by atoms with Crippen LogP contribution in [0.3, 0.4) is 0 Å². The molecule has 0 aliphatic rings. The Balaban J connectivity index is 2.03. The summed E-state index contributed by atoms with van der Waals surface area (Å²) in [5.41, 5.74) is 2.14. The molecule has 0 atom stereocenters. The summed E-state index contributed by atoms with van der Waals surface area (Å²) in [7, 11) is 1.51. The molecule has 0 spiro atoms. The predicted octanol–water partition coefficient (Wildman–Crippen LogP) is 3.14. The van der Waals surface area contributed by atoms with Crippen molar-refractivity contribution in [3.05, 3.63) is 67.6 Å². The summed E-state index contributed by atoms with van der Waals surface area (Å²) >= 11 is 12.4. The van der Waals surface area contributed by atoms with Gasteiger partial charge in [0, 0.05) is 29.3 Å². The van der Waals surface area contributed by atoms with Crippen LogP contribution in [0.2, 0.25) is 10.0 Å². The summed E-state index contributed by atoms with van der Waals surface area (Å²) in [6.45, 7) is 1.93. The quantitative estimate of drug-likeness (QED) is 0.644. The van der Waals surface area contributed by atoms with Gasteiger partial charge in [-0.3, -0.25) is 0 Å². The first-order valence-electron chi connectivity index (χ1n) is 7.58. The molecule has 2 aromatic carbocycles. The Hall–Kier alpha value is -2.75. The van der Waals surface area contributed by atoms with E-state index in [0.29, 0.717) is 32.6 Å². The molecule has 3 rings (SSSR count). The van der Waals surface area contributed by atoms with Crippen LogP contribution in [0.4, 0.5) is 0 Å². The summed E-state index contributed by atoms with van der Waals surface area (Å²) in [5.74, 6) is 3.02. The molecule has 0 saturated heterocycles. The van der Waals surface area contributed by atoms with Crippen molar-refractivity contribution >= 4 is 23.2 Å². The van der Waals surface area contributed by atoms with Crippen LogP contribution < -0.4 is 10.4 Å². The van der Waals surface area contributed by atoms with Gasteiger partial charge in [-0.1, -0.05) is 35.2 Å². The van der Waals surface area contributed by atoms with Crippen LogP contribution in [0.25, 0.3) is 5.69 Å². The molecule has 0 aliphatic carbocycles. The Morgan fingerprint density at radius 2 is 2.00 bits per heavy atom. The molecule has 132 valence electrons. The highest BCUT2D eigenvalue weighted by atomic mass is 35.5. The number of nitrogens with zero attached hydrogens (tertiary/aromatic N) is 4. The van der Waals surface area contributed by atoms with E-state index in [4.69, 9.17) is 34.4 Å². The molecule has 8 heteroatoms. The number of benzene rings is 2. The molecule has 26 heavy (non-hydrogen) atoms. The maximum absolute atomic E-state index is 12.2. The zero-order chi connectivity index (χ0) is 18.8. The van der Waals surface area contributed by atoms with Crippen LogP contribution in [0, 0.1) is 19.3 Å². The molecule has 0 radical (unpaired) electrons. The molecular formula is C18H14Cl2N4O2. The van der Waals surface area contributed by atoms with Gasteiger partial charge in [-0.05, 0) is 41.1 Å². The van der Waals surface area contributed by atoms with Crippen molar-refractivity contribution < 1.29 is 4.74 Å². The lowest BCUT2D eigenvalue weighted by atomic mass is 10.1. The van der Waals surface area contributed by atoms with Crippen molar-refractivity contribution in [1.29, 1.82) is 0 Å². The fourth-order valence-electron chi connectivity index (χ4n) is 2.41. The normalized spacial score (nSPS) is 10.6. The second kappa shape index (κ2) is 7.24. The van der Waals surface area contributed by atoms with Gasteiger partial charge in [-0.25, -0.2) is 4.79 Å². The van der Waals surface area contributed by atoms with Crippen molar-refractivity contribution in [2.45, 2.75) is 13.5 Å². The van der Waals surface area contributed by atoms with E-state index in [1.54, 1.807) is 30.3 Å². The SMILES string of the molecule is C#Cc1cccc(-n2nnn(C)c2=O)c1COc1cc(Cl)c(C)cc1Cl. The van der Waals surface area contributed by atoms with Crippen LogP contribution in [-0.4, -0.2) is 19.8 Å². The average molecular weight is 389 g/mol. The number of hydrogen-bond donors (Lipinski definition) is 0. The average Bonchev–Trinajstić information content (AvgIpc) is 2.95. The highest BCUT2D eigenvalue weighted by molar-refractivity contribution is 6.34. The van der Waals surface area contributed by atoms with Gasteiger partial charge in [0.05, 0.1) is 10.7 Å². The lowest BCUT2D eigenvalue weighted by molar-refractivity contribution is 0.305. The summed E-state index contributed by atoms with van der Waals surface area (Å²) in [6.07, 6.45) is 5.60. The molecule has 1 heterocycles. The van der Waals surface area contributed by atoms with E-state index < -0.39 is 5.69 Å². The molecule has 1 aromatic heterocycles. The second-order valence-corrected chi connectivity index (χ2v) is 6.38. The first kappa shape index (κ1) is 18.1. The van der Waals surface area contributed by atoms with E-state index in [0.717, 1.165) is 10.2 Å². The minimum Gasteiger partial charge on any atom is -0.487 e. The molecule has 0 fully saturated rings. The summed E-state index contributed by atoms with van der Waals surface area (Å²) in [4.78, 5) is 12.2. The third-order valence-electron chi connectivity index (χ3n) is 3.84. The van der Waals surface area contributed by atoms with Gasteiger partial charge < -0.3 is 4.74 Å². The fraction of sp³-hybridized carbons (Fsp3) is 0.167. The monoisotopic (exact) mass is 388 g/mol. The Labute approximate surface area is 159 Å². The number of ether oxygens (including phenoxy) is 1. The Morgan fingerprint density at radius 1 is 1.23 bits per heavy atom. The largest absolute Gasteiger partial charge is 0.487 e. The van der Waals surface area contributed by atoms with Gasteiger partial charge in [0.15, 0.2) is 0 Å². The molecule has 0 saturated carbocycles. The van der Waals surface area contributed by atoms with Gasteiger partial charge in [-0.15, -0.1) is 6.42 Å². The van der Waals surface area contributed by atoms with Crippen molar-refractivity contribution in [2.75, 3.05) is 0 Å². The fourth-order valence-corrected chi connectivity index (χ4v) is 2.84. The number of rotatable bonds is 4. The second-order valence-electron chi connectivity index (χ2n) is 5.56. The van der Waals surface area contributed by atoms with Crippen LogP contribution in [0.1, 0.15) is 16.7 Å². The Morgan fingerprint density at radius 3 is 2.65 bits per heavy atom. The summed E-state index contributed by atoms with van der Waals surface area (Å²) in [5, 5.41) is 8.57. The first-order chi connectivity index (χ1) is 12.4. The maximum Gasteiger partial charge on any atom is 0.368 e. The highest BCUT2D eigenvalue weighted by Crippen LogP contribution is 2.32. The topological polar surface area (TPSA) is 61.9 Å². The van der Waals surface area contributed by atoms with E-state index in [-0.39, 0.29) is 6.61 Å². The zero-order valence-corrected chi connectivity index (χ0v) is 15.5. The van der Waals surface area contributed by atoms with Crippen LogP contribution >= 0.6 is 23.2 Å². The van der Waals surface area contributed by atoms with Crippen molar-refractivity contribution in [3.63, 3.8) is 0 Å². The lowest BCUT2D eigenvalue weighted by Crippen LogP contribution is -2.23. The number of terminal acetylenes is 1. The molecule has 0 bridgehead atoms. The van der Waals surface area contributed by atoms with E-state index in [2.05, 4.69) is 16.3 Å². The summed E-state index contributed by atoms with van der Waals surface area (Å²) in [6, 6.07) is 8.59. The molecule has 0 aliphatic heterocycles. The number of tetrazole rings is 1. The van der Waals surface area contributed by atoms with Gasteiger partial charge >= 0.3 is 5.69 Å². The Bertz CT molecular complexity index is 1080. The van der Waals surface area contributed by atoms with Crippen molar-refractivity contribution in [1.82, 2.24) is 19.8 Å². The van der Waals surface area contributed by atoms with E-state index in [1.807, 2.05) is 6.92 Å². The van der Waals surface area contributed by atoms with Crippen molar-refractivity contribution in [2.24, 2.45) is 7.05 Å². The van der Waals surface area contributed by atoms with Gasteiger partial charge in [0.1, 0.15) is 12.4 Å². The molecule has 0 amide bonds. The van der Waals surface area contributed by atoms with Crippen molar-refractivity contribution in [3.8, 4) is 23.8 Å². The smallest absolute Gasteiger partial charge is 0.368 e. The van der Waals surface area contributed by atoms with E-state index >= 15 is 0 Å².